The quantitative estimate of drug-likeness (QED) is 0.896. The van der Waals surface area contributed by atoms with Crippen LogP contribution in [-0.4, -0.2) is 32.3 Å². The fraction of sp³-hybridized carbons (Fsp3) is 0.467. The van der Waals surface area contributed by atoms with Gasteiger partial charge in [-0.1, -0.05) is 6.92 Å². The van der Waals surface area contributed by atoms with Crippen LogP contribution in [0.1, 0.15) is 42.4 Å². The van der Waals surface area contributed by atoms with Gasteiger partial charge in [0.05, 0.1) is 28.7 Å². The van der Waals surface area contributed by atoms with Gasteiger partial charge < -0.3 is 14.8 Å². The zero-order chi connectivity index (χ0) is 14.3. The van der Waals surface area contributed by atoms with Gasteiger partial charge in [-0.05, 0) is 37.5 Å². The summed E-state index contributed by atoms with van der Waals surface area (Å²) >= 11 is 0. The molecule has 3 rings (SSSR count). The first-order valence-electron chi connectivity index (χ1n) is 6.97. The summed E-state index contributed by atoms with van der Waals surface area (Å²) in [6, 6.07) is 5.02. The van der Waals surface area contributed by atoms with Crippen molar-refractivity contribution in [2.24, 2.45) is 0 Å². The monoisotopic (exact) mass is 274 g/mol. The number of imidazole rings is 1. The third-order valence-corrected chi connectivity index (χ3v) is 4.34. The molecule has 1 aliphatic carbocycles. The number of hydrogen-bond acceptors (Lipinski definition) is 3. The zero-order valence-electron chi connectivity index (χ0n) is 11.5. The number of aromatic carboxylic acids is 1. The second-order valence-corrected chi connectivity index (χ2v) is 5.46. The molecule has 5 heteroatoms. The van der Waals surface area contributed by atoms with E-state index in [9.17, 15) is 9.90 Å². The number of carboxylic acids is 1. The molecule has 1 aromatic carbocycles. The number of carbonyl (C=O) groups is 1. The number of benzene rings is 1. The molecule has 0 aliphatic heterocycles. The number of aryl methyl sites for hydroxylation is 1. The first kappa shape index (κ1) is 13.1. The molecule has 0 spiro atoms. The Hall–Kier alpha value is -1.88. The lowest BCUT2D eigenvalue weighted by Crippen LogP contribution is -2.44. The Morgan fingerprint density at radius 1 is 1.45 bits per heavy atom. The number of hydrogen-bond donors (Lipinski definition) is 2. The van der Waals surface area contributed by atoms with Gasteiger partial charge in [-0.15, -0.1) is 0 Å². The molecule has 1 aromatic heterocycles. The number of carboxylic acid groups (broad SMARTS) is 1. The van der Waals surface area contributed by atoms with E-state index < -0.39 is 5.97 Å². The Kier molecular flexibility index (Phi) is 3.01. The van der Waals surface area contributed by atoms with E-state index in [1.807, 2.05) is 6.92 Å². The van der Waals surface area contributed by atoms with Crippen LogP contribution in [0.4, 0.5) is 0 Å². The van der Waals surface area contributed by atoms with Gasteiger partial charge in [-0.25, -0.2) is 9.78 Å². The Bertz CT molecular complexity index is 666. The number of aliphatic hydroxyl groups excluding tert-OH is 1. The topological polar surface area (TPSA) is 75.3 Å². The fourth-order valence-electron chi connectivity index (χ4n) is 3.07. The second kappa shape index (κ2) is 4.59. The maximum absolute atomic E-state index is 11.1. The number of nitrogens with zero attached hydrogens (tertiary/aromatic N) is 2. The standard InChI is InChI=1S/C15H18N2O3/c1-2-13-16-11-8-10(14(19)20)4-5-12(11)17(13)15(9-18)6-3-7-15/h4-5,8,18H,2-3,6-7,9H2,1H3,(H,19,20). The van der Waals surface area contributed by atoms with E-state index in [2.05, 4.69) is 9.55 Å². The minimum atomic E-state index is -0.944. The highest BCUT2D eigenvalue weighted by atomic mass is 16.4. The lowest BCUT2D eigenvalue weighted by atomic mass is 9.77. The number of fused-ring (bicyclic) bond motifs is 1. The predicted octanol–water partition coefficient (Wildman–Crippen LogP) is 2.17. The van der Waals surface area contributed by atoms with E-state index in [-0.39, 0.29) is 17.7 Å². The van der Waals surface area contributed by atoms with E-state index in [4.69, 9.17) is 5.11 Å². The first-order valence-corrected chi connectivity index (χ1v) is 6.97. The fourth-order valence-corrected chi connectivity index (χ4v) is 3.07. The van der Waals surface area contributed by atoms with Crippen molar-refractivity contribution < 1.29 is 15.0 Å². The Labute approximate surface area is 116 Å². The summed E-state index contributed by atoms with van der Waals surface area (Å²) in [4.78, 5) is 15.6. The molecule has 0 saturated heterocycles. The van der Waals surface area contributed by atoms with Crippen LogP contribution < -0.4 is 0 Å². The Balaban J connectivity index is 2.22. The third kappa shape index (κ3) is 1.73. The lowest BCUT2D eigenvalue weighted by Gasteiger charge is -2.43. The van der Waals surface area contributed by atoms with Crippen LogP contribution in [0.3, 0.4) is 0 Å². The maximum Gasteiger partial charge on any atom is 0.335 e. The summed E-state index contributed by atoms with van der Waals surface area (Å²) in [6.07, 6.45) is 3.76. The van der Waals surface area contributed by atoms with Crippen molar-refractivity contribution in [3.05, 3.63) is 29.6 Å². The van der Waals surface area contributed by atoms with E-state index in [0.717, 1.165) is 37.0 Å². The first-order chi connectivity index (χ1) is 9.61. The molecule has 0 unspecified atom stereocenters. The molecule has 2 aromatic rings. The molecule has 2 N–H and O–H groups in total. The van der Waals surface area contributed by atoms with Crippen LogP contribution in [0.15, 0.2) is 18.2 Å². The molecule has 1 saturated carbocycles. The zero-order valence-corrected chi connectivity index (χ0v) is 11.5. The second-order valence-electron chi connectivity index (χ2n) is 5.46. The predicted molar refractivity (Wildman–Crippen MR) is 75.0 cm³/mol. The largest absolute Gasteiger partial charge is 0.478 e. The van der Waals surface area contributed by atoms with Crippen molar-refractivity contribution in [3.63, 3.8) is 0 Å². The molecule has 0 atom stereocenters. The van der Waals surface area contributed by atoms with Gasteiger partial charge in [0.25, 0.3) is 0 Å². The molecule has 0 radical (unpaired) electrons. The van der Waals surface area contributed by atoms with Gasteiger partial charge in [-0.2, -0.15) is 0 Å². The van der Waals surface area contributed by atoms with Gasteiger partial charge in [-0.3, -0.25) is 0 Å². The normalized spacial score (nSPS) is 17.1. The van der Waals surface area contributed by atoms with Crippen molar-refractivity contribution in [1.29, 1.82) is 0 Å². The SMILES string of the molecule is CCc1nc2cc(C(=O)O)ccc2n1C1(CO)CCC1. The van der Waals surface area contributed by atoms with Crippen LogP contribution in [0.2, 0.25) is 0 Å². The van der Waals surface area contributed by atoms with Crippen molar-refractivity contribution in [3.8, 4) is 0 Å². The lowest BCUT2D eigenvalue weighted by molar-refractivity contribution is 0.0564. The van der Waals surface area contributed by atoms with Gasteiger partial charge in [0, 0.05) is 6.42 Å². The minimum absolute atomic E-state index is 0.103. The average molecular weight is 274 g/mol. The summed E-state index contributed by atoms with van der Waals surface area (Å²) in [5, 5.41) is 18.9. The minimum Gasteiger partial charge on any atom is -0.478 e. The smallest absolute Gasteiger partial charge is 0.335 e. The summed E-state index contributed by atoms with van der Waals surface area (Å²) in [7, 11) is 0. The van der Waals surface area contributed by atoms with Crippen molar-refractivity contribution >= 4 is 17.0 Å². The van der Waals surface area contributed by atoms with E-state index >= 15 is 0 Å². The van der Waals surface area contributed by atoms with Crippen molar-refractivity contribution in [2.45, 2.75) is 38.1 Å². The number of rotatable bonds is 4. The van der Waals surface area contributed by atoms with Gasteiger partial charge in [0.2, 0.25) is 0 Å². The highest BCUT2D eigenvalue weighted by Crippen LogP contribution is 2.41. The summed E-state index contributed by atoms with van der Waals surface area (Å²) < 4.78 is 2.12. The molecule has 0 amide bonds. The summed E-state index contributed by atoms with van der Waals surface area (Å²) in [6.45, 7) is 2.13. The Morgan fingerprint density at radius 2 is 2.20 bits per heavy atom. The number of aromatic nitrogens is 2. The summed E-state index contributed by atoms with van der Waals surface area (Å²) in [5.41, 5.74) is 1.61. The van der Waals surface area contributed by atoms with E-state index in [1.165, 1.54) is 0 Å². The highest BCUT2D eigenvalue weighted by molar-refractivity contribution is 5.92. The molecular weight excluding hydrogens is 256 g/mol. The molecule has 0 bridgehead atoms. The molecule has 1 fully saturated rings. The summed E-state index contributed by atoms with van der Waals surface area (Å²) in [5.74, 6) is -0.0312. The highest BCUT2D eigenvalue weighted by Gasteiger charge is 2.40. The Morgan fingerprint density at radius 3 is 2.70 bits per heavy atom. The average Bonchev–Trinajstić information content (AvgIpc) is 2.76. The third-order valence-electron chi connectivity index (χ3n) is 4.34. The van der Waals surface area contributed by atoms with E-state index in [1.54, 1.807) is 18.2 Å². The van der Waals surface area contributed by atoms with Gasteiger partial charge in [0.15, 0.2) is 0 Å². The van der Waals surface area contributed by atoms with Gasteiger partial charge >= 0.3 is 5.97 Å². The van der Waals surface area contributed by atoms with Crippen LogP contribution >= 0.6 is 0 Å². The van der Waals surface area contributed by atoms with Crippen LogP contribution in [0.5, 0.6) is 0 Å². The van der Waals surface area contributed by atoms with Crippen LogP contribution in [-0.2, 0) is 12.0 Å². The molecule has 20 heavy (non-hydrogen) atoms. The molecular formula is C15H18N2O3. The number of aliphatic hydroxyl groups is 1. The molecule has 1 aliphatic rings. The molecule has 106 valence electrons. The molecule has 1 heterocycles. The van der Waals surface area contributed by atoms with Crippen molar-refractivity contribution in [2.75, 3.05) is 6.61 Å². The van der Waals surface area contributed by atoms with E-state index in [0.29, 0.717) is 5.52 Å². The van der Waals surface area contributed by atoms with Gasteiger partial charge in [0.1, 0.15) is 5.82 Å². The van der Waals surface area contributed by atoms with Crippen LogP contribution in [0.25, 0.3) is 11.0 Å². The van der Waals surface area contributed by atoms with Crippen LogP contribution in [0, 0.1) is 0 Å². The maximum atomic E-state index is 11.1. The van der Waals surface area contributed by atoms with Crippen molar-refractivity contribution in [1.82, 2.24) is 9.55 Å². The molecule has 5 nitrogen and oxygen atoms in total.